The van der Waals surface area contributed by atoms with Crippen molar-refractivity contribution in [3.05, 3.63) is 53.6 Å². The number of piperazine rings is 1. The van der Waals surface area contributed by atoms with Crippen LogP contribution in [0.3, 0.4) is 0 Å². The number of nitrogens with one attached hydrogen (secondary N) is 1. The second-order valence-electron chi connectivity index (χ2n) is 9.24. The van der Waals surface area contributed by atoms with E-state index in [9.17, 15) is 13.2 Å². The summed E-state index contributed by atoms with van der Waals surface area (Å²) in [5, 5.41) is 4.05. The molecule has 9 nitrogen and oxygen atoms in total. The quantitative estimate of drug-likeness (QED) is 0.466. The summed E-state index contributed by atoms with van der Waals surface area (Å²) in [4.78, 5) is 22.4. The van der Waals surface area contributed by atoms with Crippen LogP contribution in [-0.4, -0.2) is 94.1 Å². The highest BCUT2D eigenvalue weighted by Gasteiger charge is 2.26. The SMILES string of the molecule is CCc1cccc2sc(N3CCN(CCNC(=O)c4ccc(S(=O)(=O)N5CCOCC5)cc4)CC3)nc12. The van der Waals surface area contributed by atoms with Gasteiger partial charge in [-0.05, 0) is 42.3 Å². The summed E-state index contributed by atoms with van der Waals surface area (Å²) in [7, 11) is -3.56. The number of aromatic nitrogens is 1. The molecule has 0 unspecified atom stereocenters. The van der Waals surface area contributed by atoms with Crippen molar-refractivity contribution in [2.75, 3.05) is 70.5 Å². The van der Waals surface area contributed by atoms with Crippen LogP contribution in [0, 0.1) is 0 Å². The molecule has 2 aromatic carbocycles. The van der Waals surface area contributed by atoms with Crippen LogP contribution in [0.4, 0.5) is 5.13 Å². The van der Waals surface area contributed by atoms with Crippen molar-refractivity contribution in [2.24, 2.45) is 0 Å². The number of carbonyl (C=O) groups is 1. The summed E-state index contributed by atoms with van der Waals surface area (Å²) in [6.45, 7) is 8.61. The Kier molecular flexibility index (Phi) is 8.06. The highest BCUT2D eigenvalue weighted by molar-refractivity contribution is 7.89. The summed E-state index contributed by atoms with van der Waals surface area (Å²) in [5.74, 6) is -0.199. The van der Waals surface area contributed by atoms with E-state index >= 15 is 0 Å². The number of nitrogens with zero attached hydrogens (tertiary/aromatic N) is 4. The smallest absolute Gasteiger partial charge is 0.251 e. The Morgan fingerprint density at radius 1 is 1.03 bits per heavy atom. The standard InChI is InChI=1S/C26H33N5O4S2/c1-2-20-4-3-5-23-24(20)28-26(36-23)30-14-12-29(13-15-30)11-10-27-25(32)21-6-8-22(9-7-21)37(33,34)31-16-18-35-19-17-31/h3-9H,2,10-19H2,1H3,(H,27,32). The van der Waals surface area contributed by atoms with Crippen LogP contribution in [-0.2, 0) is 21.2 Å². The summed E-state index contributed by atoms with van der Waals surface area (Å²) in [6, 6.07) is 12.6. The van der Waals surface area contributed by atoms with Gasteiger partial charge in [0.25, 0.3) is 5.91 Å². The summed E-state index contributed by atoms with van der Waals surface area (Å²) in [5.41, 5.74) is 2.87. The molecule has 11 heteroatoms. The molecular weight excluding hydrogens is 510 g/mol. The lowest BCUT2D eigenvalue weighted by Gasteiger charge is -2.34. The highest BCUT2D eigenvalue weighted by atomic mass is 32.2. The number of rotatable bonds is 8. The zero-order valence-electron chi connectivity index (χ0n) is 21.1. The van der Waals surface area contributed by atoms with Gasteiger partial charge in [0.2, 0.25) is 10.0 Å². The average molecular weight is 544 g/mol. The molecule has 0 atom stereocenters. The lowest BCUT2D eigenvalue weighted by molar-refractivity contribution is 0.0730. The molecule has 37 heavy (non-hydrogen) atoms. The van der Waals surface area contributed by atoms with E-state index in [-0.39, 0.29) is 10.8 Å². The molecule has 0 aliphatic carbocycles. The van der Waals surface area contributed by atoms with Gasteiger partial charge in [-0.1, -0.05) is 30.4 Å². The van der Waals surface area contributed by atoms with E-state index < -0.39 is 10.0 Å². The monoisotopic (exact) mass is 543 g/mol. The molecule has 0 bridgehead atoms. The highest BCUT2D eigenvalue weighted by Crippen LogP contribution is 2.31. The third kappa shape index (κ3) is 5.80. The Morgan fingerprint density at radius 3 is 2.46 bits per heavy atom. The van der Waals surface area contributed by atoms with Crippen LogP contribution in [0.5, 0.6) is 0 Å². The lowest BCUT2D eigenvalue weighted by Crippen LogP contribution is -2.48. The molecule has 0 spiro atoms. The van der Waals surface area contributed by atoms with Crippen molar-refractivity contribution < 1.29 is 17.9 Å². The number of thiazole rings is 1. The molecule has 5 rings (SSSR count). The molecule has 198 valence electrons. The number of ether oxygens (including phenoxy) is 1. The molecule has 2 aliphatic heterocycles. The van der Waals surface area contributed by atoms with Crippen LogP contribution in [0.1, 0.15) is 22.8 Å². The van der Waals surface area contributed by atoms with Crippen LogP contribution in [0.25, 0.3) is 10.2 Å². The first-order valence-electron chi connectivity index (χ1n) is 12.8. The number of fused-ring (bicyclic) bond motifs is 1. The number of aryl methyl sites for hydroxylation is 1. The Hall–Kier alpha value is -2.57. The molecular formula is C26H33N5O4S2. The van der Waals surface area contributed by atoms with Gasteiger partial charge in [0.1, 0.15) is 0 Å². The maximum absolute atomic E-state index is 12.8. The van der Waals surface area contributed by atoms with Gasteiger partial charge in [-0.2, -0.15) is 4.31 Å². The molecule has 2 aliphatic rings. The fourth-order valence-corrected chi connectivity index (χ4v) is 7.19. The van der Waals surface area contributed by atoms with Gasteiger partial charge in [-0.3, -0.25) is 9.69 Å². The van der Waals surface area contributed by atoms with Crippen molar-refractivity contribution >= 4 is 42.6 Å². The molecule has 1 amide bonds. The number of sulfonamides is 1. The topological polar surface area (TPSA) is 95.1 Å². The summed E-state index contributed by atoms with van der Waals surface area (Å²) in [6.07, 6.45) is 0.984. The zero-order chi connectivity index (χ0) is 25.8. The van der Waals surface area contributed by atoms with E-state index in [1.54, 1.807) is 23.5 Å². The van der Waals surface area contributed by atoms with Gasteiger partial charge in [0.15, 0.2) is 5.13 Å². The van der Waals surface area contributed by atoms with E-state index in [2.05, 4.69) is 40.2 Å². The minimum Gasteiger partial charge on any atom is -0.379 e. The van der Waals surface area contributed by atoms with E-state index in [1.165, 1.54) is 26.7 Å². The fraction of sp³-hybridized carbons (Fsp3) is 0.462. The van der Waals surface area contributed by atoms with Crippen molar-refractivity contribution in [1.82, 2.24) is 19.5 Å². The Balaban J connectivity index is 1.08. The molecule has 0 radical (unpaired) electrons. The van der Waals surface area contributed by atoms with E-state index in [4.69, 9.17) is 9.72 Å². The third-order valence-electron chi connectivity index (χ3n) is 6.95. The van der Waals surface area contributed by atoms with Crippen molar-refractivity contribution in [3.63, 3.8) is 0 Å². The first-order chi connectivity index (χ1) is 18.0. The number of carbonyl (C=O) groups excluding carboxylic acids is 1. The molecule has 3 heterocycles. The van der Waals surface area contributed by atoms with Crippen LogP contribution in [0.15, 0.2) is 47.4 Å². The maximum atomic E-state index is 12.8. The Morgan fingerprint density at radius 2 is 1.76 bits per heavy atom. The second kappa shape index (κ2) is 11.4. The largest absolute Gasteiger partial charge is 0.379 e. The van der Waals surface area contributed by atoms with Gasteiger partial charge in [0.05, 0.1) is 28.3 Å². The van der Waals surface area contributed by atoms with Crippen LogP contribution in [0.2, 0.25) is 0 Å². The molecule has 1 aromatic heterocycles. The number of benzene rings is 2. The van der Waals surface area contributed by atoms with E-state index in [0.29, 0.717) is 38.4 Å². The van der Waals surface area contributed by atoms with E-state index in [0.717, 1.165) is 49.8 Å². The second-order valence-corrected chi connectivity index (χ2v) is 12.2. The van der Waals surface area contributed by atoms with Crippen LogP contribution >= 0.6 is 11.3 Å². The number of amides is 1. The zero-order valence-corrected chi connectivity index (χ0v) is 22.7. The Labute approximate surface area is 222 Å². The number of para-hydroxylation sites is 1. The first-order valence-corrected chi connectivity index (χ1v) is 15.0. The van der Waals surface area contributed by atoms with Gasteiger partial charge >= 0.3 is 0 Å². The predicted octanol–water partition coefficient (Wildman–Crippen LogP) is 2.43. The lowest BCUT2D eigenvalue weighted by atomic mass is 10.1. The molecule has 2 fully saturated rings. The molecule has 1 N–H and O–H groups in total. The molecule has 0 saturated carbocycles. The van der Waals surface area contributed by atoms with Gasteiger partial charge in [-0.25, -0.2) is 13.4 Å². The normalized spacial score (nSPS) is 17.8. The number of hydrogen-bond donors (Lipinski definition) is 1. The van der Waals surface area contributed by atoms with Crippen molar-refractivity contribution in [2.45, 2.75) is 18.2 Å². The maximum Gasteiger partial charge on any atom is 0.251 e. The van der Waals surface area contributed by atoms with Crippen LogP contribution < -0.4 is 10.2 Å². The number of morpholine rings is 1. The van der Waals surface area contributed by atoms with Crippen molar-refractivity contribution in [1.29, 1.82) is 0 Å². The first kappa shape index (κ1) is 26.1. The predicted molar refractivity (Wildman–Crippen MR) is 146 cm³/mol. The fourth-order valence-electron chi connectivity index (χ4n) is 4.72. The summed E-state index contributed by atoms with van der Waals surface area (Å²) >= 11 is 1.76. The van der Waals surface area contributed by atoms with Gasteiger partial charge < -0.3 is 15.0 Å². The third-order valence-corrected chi connectivity index (χ3v) is 9.95. The Bertz CT molecular complexity index is 1330. The minimum absolute atomic E-state index is 0.197. The average Bonchev–Trinajstić information content (AvgIpc) is 3.38. The number of anilines is 1. The number of hydrogen-bond acceptors (Lipinski definition) is 8. The minimum atomic E-state index is -3.56. The van der Waals surface area contributed by atoms with Crippen molar-refractivity contribution in [3.8, 4) is 0 Å². The molecule has 3 aromatic rings. The van der Waals surface area contributed by atoms with Gasteiger partial charge in [0, 0.05) is 57.9 Å². The summed E-state index contributed by atoms with van der Waals surface area (Å²) < 4.78 is 33.4. The van der Waals surface area contributed by atoms with Gasteiger partial charge in [-0.15, -0.1) is 0 Å². The van der Waals surface area contributed by atoms with E-state index in [1.807, 2.05) is 0 Å². The molecule has 2 saturated heterocycles.